The molecule has 0 fully saturated rings. The first-order valence-electron chi connectivity index (χ1n) is 10.2. The number of nitrogens with zero attached hydrogens (tertiary/aromatic N) is 5. The number of benzene rings is 2. The maximum atomic E-state index is 11.7. The van der Waals surface area contributed by atoms with Crippen LogP contribution in [0.1, 0.15) is 45.8 Å². The lowest BCUT2D eigenvalue weighted by Gasteiger charge is -2.19. The van der Waals surface area contributed by atoms with Crippen LogP contribution in [0.15, 0.2) is 48.5 Å². The number of carboxylic acids is 1. The third kappa shape index (κ3) is 4.23. The van der Waals surface area contributed by atoms with E-state index < -0.39 is 12.0 Å². The molecule has 0 aliphatic rings. The van der Waals surface area contributed by atoms with E-state index in [9.17, 15) is 20.4 Å². The molecule has 0 aliphatic carbocycles. The lowest BCUT2D eigenvalue weighted by atomic mass is 10.00. The third-order valence-corrected chi connectivity index (χ3v) is 5.47. The number of nitriles is 2. The van der Waals surface area contributed by atoms with E-state index >= 15 is 0 Å². The quantitative estimate of drug-likeness (QED) is 0.378. The molecule has 34 heavy (non-hydrogen) atoms. The Kier molecular flexibility index (Phi) is 6.09. The molecule has 2 aromatic heterocycles. The fourth-order valence-electron chi connectivity index (χ4n) is 3.74. The highest BCUT2D eigenvalue weighted by Gasteiger charge is 2.20. The van der Waals surface area contributed by atoms with Crippen LogP contribution >= 0.6 is 11.6 Å². The van der Waals surface area contributed by atoms with Gasteiger partial charge in [-0.2, -0.15) is 10.5 Å². The van der Waals surface area contributed by atoms with Gasteiger partial charge in [-0.3, -0.25) is 0 Å². The van der Waals surface area contributed by atoms with Crippen LogP contribution in [0.3, 0.4) is 0 Å². The number of anilines is 1. The summed E-state index contributed by atoms with van der Waals surface area (Å²) in [6.07, 6.45) is 0. The molecule has 0 bridgehead atoms. The number of carbonyl (C=O) groups is 1. The summed E-state index contributed by atoms with van der Waals surface area (Å²) in [5.41, 5.74) is 4.11. The number of nitrogens with one attached hydrogen (secondary N) is 1. The van der Waals surface area contributed by atoms with Gasteiger partial charge in [-0.1, -0.05) is 35.9 Å². The van der Waals surface area contributed by atoms with Crippen LogP contribution in [-0.4, -0.2) is 26.0 Å². The number of hydrogen-bond acceptors (Lipinski definition) is 7. The normalized spacial score (nSPS) is 11.4. The Bertz CT molecular complexity index is 1540. The fourth-order valence-corrected chi connectivity index (χ4v) is 3.89. The highest BCUT2D eigenvalue weighted by atomic mass is 35.5. The van der Waals surface area contributed by atoms with E-state index in [2.05, 4.69) is 27.4 Å². The molecule has 0 saturated heterocycles. The van der Waals surface area contributed by atoms with Crippen LogP contribution in [0.5, 0.6) is 0 Å². The molecule has 0 radical (unpaired) electrons. The second-order valence-corrected chi connectivity index (χ2v) is 8.00. The number of hydrogen-bond donors (Lipinski definition) is 2. The zero-order valence-corrected chi connectivity index (χ0v) is 18.9. The first kappa shape index (κ1) is 22.7. The minimum absolute atomic E-state index is 0.0762. The van der Waals surface area contributed by atoms with Gasteiger partial charge in [0.1, 0.15) is 16.9 Å². The number of rotatable bonds is 5. The average Bonchev–Trinajstić information content (AvgIpc) is 2.83. The summed E-state index contributed by atoms with van der Waals surface area (Å²) in [6, 6.07) is 17.5. The zero-order valence-electron chi connectivity index (χ0n) is 18.2. The minimum atomic E-state index is -1.21. The Balaban J connectivity index is 1.90. The summed E-state index contributed by atoms with van der Waals surface area (Å²) in [4.78, 5) is 24.9. The molecule has 0 aliphatic heterocycles. The molecule has 1 atom stereocenters. The molecule has 9 heteroatoms. The molecule has 2 N–H and O–H groups in total. The van der Waals surface area contributed by atoms with E-state index in [4.69, 9.17) is 16.6 Å². The van der Waals surface area contributed by atoms with Crippen molar-refractivity contribution in [2.75, 3.05) is 5.32 Å². The highest BCUT2D eigenvalue weighted by molar-refractivity contribution is 6.29. The van der Waals surface area contributed by atoms with E-state index in [-0.39, 0.29) is 16.5 Å². The van der Waals surface area contributed by atoms with Crippen LogP contribution in [0.4, 0.5) is 5.69 Å². The van der Waals surface area contributed by atoms with Crippen LogP contribution in [-0.2, 0) is 0 Å². The standard InChI is InChI=1S/C25H17ClN6O2/c1-13-9-17(14(2)29-18-7-8-21(26)31-24(18)25(33)34)23-19(10-13)30-20(12-28)22(32-23)16-6-4-3-5-15(16)11-27/h3-10,14,29H,1-2H3,(H,33,34)/t14-/m1/s1. The summed E-state index contributed by atoms with van der Waals surface area (Å²) >= 11 is 5.87. The molecule has 8 nitrogen and oxygen atoms in total. The summed E-state index contributed by atoms with van der Waals surface area (Å²) in [7, 11) is 0. The Morgan fingerprint density at radius 2 is 1.85 bits per heavy atom. The van der Waals surface area contributed by atoms with Crippen molar-refractivity contribution in [1.29, 1.82) is 10.5 Å². The van der Waals surface area contributed by atoms with Crippen LogP contribution in [0, 0.1) is 29.6 Å². The molecule has 4 rings (SSSR count). The van der Waals surface area contributed by atoms with Crippen molar-refractivity contribution in [3.8, 4) is 23.4 Å². The fraction of sp³-hybridized carbons (Fsp3) is 0.120. The van der Waals surface area contributed by atoms with Crippen LogP contribution in [0.25, 0.3) is 22.3 Å². The maximum Gasteiger partial charge on any atom is 0.356 e. The van der Waals surface area contributed by atoms with Gasteiger partial charge < -0.3 is 10.4 Å². The predicted octanol–water partition coefficient (Wildman–Crippen LogP) is 5.27. The Hall–Kier alpha value is -4.53. The van der Waals surface area contributed by atoms with Gasteiger partial charge in [0.15, 0.2) is 11.4 Å². The number of aromatic carboxylic acids is 1. The predicted molar refractivity (Wildman–Crippen MR) is 127 cm³/mol. The van der Waals surface area contributed by atoms with Crippen molar-refractivity contribution in [1.82, 2.24) is 15.0 Å². The van der Waals surface area contributed by atoms with Gasteiger partial charge >= 0.3 is 5.97 Å². The Morgan fingerprint density at radius 1 is 1.09 bits per heavy atom. The van der Waals surface area contributed by atoms with Crippen molar-refractivity contribution in [3.63, 3.8) is 0 Å². The number of halogens is 1. The molecular weight excluding hydrogens is 452 g/mol. The SMILES string of the molecule is Cc1cc([C@@H](C)Nc2ccc(Cl)nc2C(=O)O)c2nc(-c3ccccc3C#N)c(C#N)nc2c1. The first-order valence-corrected chi connectivity index (χ1v) is 10.6. The van der Waals surface area contributed by atoms with E-state index in [1.54, 1.807) is 30.3 Å². The van der Waals surface area contributed by atoms with Gasteiger partial charge in [0.25, 0.3) is 0 Å². The van der Waals surface area contributed by atoms with Crippen molar-refractivity contribution >= 4 is 34.3 Å². The van der Waals surface area contributed by atoms with E-state index in [0.29, 0.717) is 33.5 Å². The first-order chi connectivity index (χ1) is 16.3. The third-order valence-electron chi connectivity index (χ3n) is 5.25. The van der Waals surface area contributed by atoms with Gasteiger partial charge in [0, 0.05) is 11.1 Å². The monoisotopic (exact) mass is 468 g/mol. The summed E-state index contributed by atoms with van der Waals surface area (Å²) in [6.45, 7) is 3.76. The summed E-state index contributed by atoms with van der Waals surface area (Å²) in [5, 5.41) is 32.0. The van der Waals surface area contributed by atoms with Gasteiger partial charge in [-0.25, -0.2) is 19.7 Å². The van der Waals surface area contributed by atoms with Crippen LogP contribution in [0.2, 0.25) is 5.15 Å². The van der Waals surface area contributed by atoms with E-state index in [1.165, 1.54) is 6.07 Å². The molecule has 0 saturated carbocycles. The zero-order chi connectivity index (χ0) is 24.4. The van der Waals surface area contributed by atoms with Crippen molar-refractivity contribution in [2.45, 2.75) is 19.9 Å². The van der Waals surface area contributed by atoms with Crippen molar-refractivity contribution < 1.29 is 9.90 Å². The molecule has 166 valence electrons. The Labute approximate surface area is 200 Å². The van der Waals surface area contributed by atoms with Gasteiger partial charge in [0.05, 0.1) is 34.4 Å². The largest absolute Gasteiger partial charge is 0.476 e. The lowest BCUT2D eigenvalue weighted by molar-refractivity contribution is 0.0691. The van der Waals surface area contributed by atoms with Crippen LogP contribution < -0.4 is 5.32 Å². The molecule has 0 amide bonds. The van der Waals surface area contributed by atoms with Crippen molar-refractivity contribution in [3.05, 3.63) is 81.8 Å². The molecule has 0 unspecified atom stereocenters. The van der Waals surface area contributed by atoms with E-state index in [1.807, 2.05) is 26.0 Å². The van der Waals surface area contributed by atoms with Crippen molar-refractivity contribution in [2.24, 2.45) is 0 Å². The van der Waals surface area contributed by atoms with Gasteiger partial charge in [-0.05, 0) is 43.7 Å². The van der Waals surface area contributed by atoms with Gasteiger partial charge in [-0.15, -0.1) is 0 Å². The minimum Gasteiger partial charge on any atom is -0.476 e. The highest BCUT2D eigenvalue weighted by Crippen LogP contribution is 2.32. The Morgan fingerprint density at radius 3 is 2.56 bits per heavy atom. The number of pyridine rings is 1. The maximum absolute atomic E-state index is 11.7. The molecule has 0 spiro atoms. The summed E-state index contributed by atoms with van der Waals surface area (Å²) < 4.78 is 0. The lowest BCUT2D eigenvalue weighted by Crippen LogP contribution is -2.13. The number of carboxylic acid groups (broad SMARTS) is 1. The molecule has 2 heterocycles. The number of aromatic nitrogens is 3. The summed E-state index contributed by atoms with van der Waals surface area (Å²) in [5.74, 6) is -1.21. The molecular formula is C25H17ClN6O2. The second kappa shape index (κ2) is 9.14. The number of fused-ring (bicyclic) bond motifs is 1. The number of aryl methyl sites for hydroxylation is 1. The van der Waals surface area contributed by atoms with Gasteiger partial charge in [0.2, 0.25) is 0 Å². The molecule has 4 aromatic rings. The topological polar surface area (TPSA) is 136 Å². The second-order valence-electron chi connectivity index (χ2n) is 7.61. The molecule has 2 aromatic carbocycles. The smallest absolute Gasteiger partial charge is 0.356 e. The average molecular weight is 469 g/mol. The van der Waals surface area contributed by atoms with E-state index in [0.717, 1.165) is 11.1 Å².